The number of aliphatic hydroxyl groups excluding tert-OH is 1. The van der Waals surface area contributed by atoms with Crippen LogP contribution in [0, 0.1) is 25.7 Å². The molecule has 62 heavy (non-hydrogen) atoms. The summed E-state index contributed by atoms with van der Waals surface area (Å²) in [5.74, 6) is 4.30. The van der Waals surface area contributed by atoms with Crippen molar-refractivity contribution in [1.82, 2.24) is 4.90 Å². The molecular weight excluding hydrogens is 781 g/mol. The number of ether oxygens (including phenoxy) is 6. The molecule has 0 saturated carbocycles. The molecule has 0 bridgehead atoms. The maximum absolute atomic E-state index is 13.8. The first kappa shape index (κ1) is 43.7. The fourth-order valence-electron chi connectivity index (χ4n) is 7.95. The Morgan fingerprint density at radius 2 is 0.952 bits per heavy atom. The molecule has 1 N–H and O–H groups in total. The minimum atomic E-state index is -0.540. The minimum Gasteiger partial charge on any atom is -0.511 e. The summed E-state index contributed by atoms with van der Waals surface area (Å²) < 4.78 is 34.9. The molecular formula is C52H58N2O8. The van der Waals surface area contributed by atoms with Gasteiger partial charge in [0.25, 0.3) is 0 Å². The van der Waals surface area contributed by atoms with Gasteiger partial charge >= 0.3 is 0 Å². The number of carbonyl (C=O) groups is 1. The molecule has 324 valence electrons. The van der Waals surface area contributed by atoms with Gasteiger partial charge in [-0.25, -0.2) is 0 Å². The van der Waals surface area contributed by atoms with Crippen LogP contribution < -0.4 is 33.3 Å². The van der Waals surface area contributed by atoms with Crippen LogP contribution in [0.4, 0.5) is 5.69 Å². The molecule has 0 radical (unpaired) electrons. The van der Waals surface area contributed by atoms with Crippen LogP contribution in [0.15, 0.2) is 139 Å². The van der Waals surface area contributed by atoms with Crippen molar-refractivity contribution < 1.29 is 38.3 Å². The van der Waals surface area contributed by atoms with Crippen LogP contribution >= 0.6 is 0 Å². The Morgan fingerprint density at radius 3 is 1.35 bits per heavy atom. The molecule has 3 unspecified atom stereocenters. The zero-order valence-corrected chi connectivity index (χ0v) is 36.2. The number of Topliss-reactive ketones (excluding diaryl/α,β-unsaturated/α-hetero) is 1. The van der Waals surface area contributed by atoms with Crippen molar-refractivity contribution >= 4 is 17.0 Å². The summed E-state index contributed by atoms with van der Waals surface area (Å²) in [4.78, 5) is 18.4. The van der Waals surface area contributed by atoms with E-state index in [0.717, 1.165) is 58.6 Å². The molecule has 2 aliphatic rings. The smallest absolute Gasteiger partial charge is 0.178 e. The van der Waals surface area contributed by atoms with E-state index in [9.17, 15) is 9.90 Å². The van der Waals surface area contributed by atoms with Gasteiger partial charge in [-0.1, -0.05) is 59.7 Å². The van der Waals surface area contributed by atoms with E-state index in [-0.39, 0.29) is 23.5 Å². The standard InChI is InChI=1S/C52H58N2O8/c1-37-5-17-45(18-6-37)59-33-29-53(30-34-60-46-19-7-38(2)8-20-46)41-13-9-39(10-14-41)49-51(55)50(52(49)56)40-11-15-42(16-12-40)54(31-35-61-47-25-21-43(57-3)22-26-47)32-36-62-48-27-23-44(58-4)24-28-48/h5-11,13-15,17-28,40,42,50,55H,12,16,29-36H2,1-4H3. The highest BCUT2D eigenvalue weighted by molar-refractivity contribution is 6.29. The predicted octanol–water partition coefficient (Wildman–Crippen LogP) is 9.55. The van der Waals surface area contributed by atoms with Crippen LogP contribution in [0.2, 0.25) is 0 Å². The number of methoxy groups -OCH3 is 2. The van der Waals surface area contributed by atoms with E-state index in [2.05, 4.69) is 35.8 Å². The second-order valence-electron chi connectivity index (χ2n) is 15.7. The third-order valence-electron chi connectivity index (χ3n) is 11.6. The zero-order chi connectivity index (χ0) is 43.3. The summed E-state index contributed by atoms with van der Waals surface area (Å²) in [5.41, 5.74) is 4.47. The number of aliphatic hydroxyl groups is 1. The quantitative estimate of drug-likeness (QED) is 0.0679. The Hall–Kier alpha value is -6.39. The lowest BCUT2D eigenvalue weighted by molar-refractivity contribution is -0.120. The van der Waals surface area contributed by atoms with Crippen molar-refractivity contribution in [2.75, 3.05) is 71.7 Å². The number of hydrogen-bond acceptors (Lipinski definition) is 10. The van der Waals surface area contributed by atoms with Crippen molar-refractivity contribution in [3.8, 4) is 34.5 Å². The van der Waals surface area contributed by atoms with Crippen LogP contribution in [-0.4, -0.2) is 88.7 Å². The van der Waals surface area contributed by atoms with E-state index in [0.29, 0.717) is 58.2 Å². The van der Waals surface area contributed by atoms with Gasteiger partial charge < -0.3 is 38.4 Å². The van der Waals surface area contributed by atoms with Gasteiger partial charge in [-0.05, 0) is 123 Å². The molecule has 10 heteroatoms. The van der Waals surface area contributed by atoms with Crippen molar-refractivity contribution in [2.24, 2.45) is 11.8 Å². The van der Waals surface area contributed by atoms with Gasteiger partial charge in [0.15, 0.2) is 5.78 Å². The van der Waals surface area contributed by atoms with Crippen molar-refractivity contribution in [3.05, 3.63) is 156 Å². The largest absolute Gasteiger partial charge is 0.511 e. The summed E-state index contributed by atoms with van der Waals surface area (Å²) in [6.07, 6.45) is 5.91. The number of benzene rings is 5. The zero-order valence-electron chi connectivity index (χ0n) is 36.2. The lowest BCUT2D eigenvalue weighted by Gasteiger charge is -2.38. The number of allylic oxidation sites excluding steroid dienone is 3. The first-order valence-electron chi connectivity index (χ1n) is 21.5. The second kappa shape index (κ2) is 21.4. The fourth-order valence-corrected chi connectivity index (χ4v) is 7.95. The van der Waals surface area contributed by atoms with Crippen LogP contribution in [0.3, 0.4) is 0 Å². The van der Waals surface area contributed by atoms with Crippen LogP contribution in [0.1, 0.15) is 29.5 Å². The maximum Gasteiger partial charge on any atom is 0.178 e. The number of carbonyl (C=O) groups excluding carboxylic acids is 1. The highest BCUT2D eigenvalue weighted by atomic mass is 16.5. The maximum atomic E-state index is 13.8. The molecule has 0 fully saturated rings. The molecule has 0 heterocycles. The predicted molar refractivity (Wildman–Crippen MR) is 244 cm³/mol. The number of aryl methyl sites for hydroxylation is 2. The Morgan fingerprint density at radius 1 is 0.532 bits per heavy atom. The molecule has 0 aromatic heterocycles. The molecule has 10 nitrogen and oxygen atoms in total. The monoisotopic (exact) mass is 838 g/mol. The molecule has 0 amide bonds. The lowest BCUT2D eigenvalue weighted by Crippen LogP contribution is -2.43. The van der Waals surface area contributed by atoms with Gasteiger partial charge in [0.05, 0.1) is 38.8 Å². The summed E-state index contributed by atoms with van der Waals surface area (Å²) in [7, 11) is 3.29. The Kier molecular flexibility index (Phi) is 15.1. The van der Waals surface area contributed by atoms with E-state index in [1.54, 1.807) is 14.2 Å². The van der Waals surface area contributed by atoms with Gasteiger partial charge in [0.1, 0.15) is 66.7 Å². The molecule has 3 atom stereocenters. The number of hydrogen-bond donors (Lipinski definition) is 1. The van der Waals surface area contributed by atoms with Crippen molar-refractivity contribution in [2.45, 2.75) is 32.7 Å². The molecule has 7 rings (SSSR count). The van der Waals surface area contributed by atoms with Crippen LogP contribution in [0.25, 0.3) is 5.57 Å². The van der Waals surface area contributed by atoms with E-state index in [4.69, 9.17) is 28.4 Å². The molecule has 5 aromatic rings. The Labute approximate surface area is 365 Å². The van der Waals surface area contributed by atoms with E-state index >= 15 is 0 Å². The molecule has 2 aliphatic carbocycles. The van der Waals surface area contributed by atoms with E-state index in [1.807, 2.05) is 121 Å². The normalized spacial score (nSPS) is 17.0. The third-order valence-corrected chi connectivity index (χ3v) is 11.6. The molecule has 0 saturated heterocycles. The summed E-state index contributed by atoms with van der Waals surface area (Å²) in [5, 5.41) is 11.4. The number of anilines is 1. The summed E-state index contributed by atoms with van der Waals surface area (Å²) in [6, 6.07) is 39.3. The van der Waals surface area contributed by atoms with Crippen molar-refractivity contribution in [1.29, 1.82) is 0 Å². The topological polar surface area (TPSA) is 99.2 Å². The lowest BCUT2D eigenvalue weighted by atomic mass is 9.69. The third kappa shape index (κ3) is 11.5. The van der Waals surface area contributed by atoms with Crippen LogP contribution in [-0.2, 0) is 4.79 Å². The average Bonchev–Trinajstić information content (AvgIpc) is 3.30. The Bertz CT molecular complexity index is 2130. The van der Waals surface area contributed by atoms with Gasteiger partial charge in [0, 0.05) is 24.8 Å². The van der Waals surface area contributed by atoms with E-state index < -0.39 is 5.92 Å². The first-order valence-corrected chi connectivity index (χ1v) is 21.5. The summed E-state index contributed by atoms with van der Waals surface area (Å²) in [6.45, 7) is 8.72. The van der Waals surface area contributed by atoms with Gasteiger partial charge in [-0.2, -0.15) is 0 Å². The SMILES string of the molecule is COc1ccc(OCCN(CCOc2ccc(OC)cc2)C2C=CC(C3C(=O)C(c4ccc(N(CCOc5ccc(C)cc5)CCOc5ccc(C)cc5)cc4)=C3O)CC2)cc1. The average molecular weight is 839 g/mol. The second-order valence-corrected chi connectivity index (χ2v) is 15.7. The van der Waals surface area contributed by atoms with E-state index in [1.165, 1.54) is 11.1 Å². The minimum absolute atomic E-state index is 0.0177. The number of nitrogens with zero attached hydrogens (tertiary/aromatic N) is 2. The summed E-state index contributed by atoms with van der Waals surface area (Å²) >= 11 is 0. The number of ketones is 1. The molecule has 0 spiro atoms. The first-order chi connectivity index (χ1) is 30.3. The van der Waals surface area contributed by atoms with Crippen LogP contribution in [0.5, 0.6) is 34.5 Å². The fraction of sp³-hybridized carbons (Fsp3) is 0.327. The van der Waals surface area contributed by atoms with Gasteiger partial charge in [-0.15, -0.1) is 0 Å². The van der Waals surface area contributed by atoms with Gasteiger partial charge in [0.2, 0.25) is 0 Å². The molecule has 0 aliphatic heterocycles. The van der Waals surface area contributed by atoms with Crippen molar-refractivity contribution in [3.63, 3.8) is 0 Å². The highest BCUT2D eigenvalue weighted by Gasteiger charge is 2.45. The highest BCUT2D eigenvalue weighted by Crippen LogP contribution is 2.44. The molecule has 5 aromatic carbocycles. The van der Waals surface area contributed by atoms with Gasteiger partial charge in [-0.3, -0.25) is 9.69 Å². The number of rotatable bonds is 22. The Balaban J connectivity index is 0.975.